The normalized spacial score (nSPS) is 12.3. The van der Waals surface area contributed by atoms with Gasteiger partial charge in [-0.1, -0.05) is 12.1 Å². The van der Waals surface area contributed by atoms with Crippen LogP contribution >= 0.6 is 0 Å². The summed E-state index contributed by atoms with van der Waals surface area (Å²) in [6, 6.07) is 0. The van der Waals surface area contributed by atoms with E-state index in [9.17, 15) is 0 Å². The molecule has 9 heavy (non-hydrogen) atoms. The van der Waals surface area contributed by atoms with Crippen LogP contribution in [-0.2, 0) is 4.84 Å². The van der Waals surface area contributed by atoms with Crippen LogP contribution in [-0.4, -0.2) is 11.8 Å². The van der Waals surface area contributed by atoms with Gasteiger partial charge in [-0.2, -0.15) is 0 Å². The van der Waals surface area contributed by atoms with Crippen LogP contribution < -0.4 is 0 Å². The number of hydrogen-bond acceptors (Lipinski definition) is 2. The Balaban J connectivity index is 3.43. The molecule has 2 heteroatoms. The van der Waals surface area contributed by atoms with Crippen molar-refractivity contribution in [2.45, 2.75) is 33.3 Å². The van der Waals surface area contributed by atoms with Crippen LogP contribution in [0.3, 0.4) is 0 Å². The SMILES string of the molecule is [CH2]/C(CC)=N\OC(C)C. The van der Waals surface area contributed by atoms with E-state index in [1.54, 1.807) is 0 Å². The van der Waals surface area contributed by atoms with Gasteiger partial charge in [0.25, 0.3) is 0 Å². The first-order valence-corrected chi connectivity index (χ1v) is 3.21. The second-order valence-electron chi connectivity index (χ2n) is 2.17. The maximum Gasteiger partial charge on any atom is 0.122 e. The molecule has 0 N–H and O–H groups in total. The van der Waals surface area contributed by atoms with E-state index in [2.05, 4.69) is 12.1 Å². The van der Waals surface area contributed by atoms with Crippen LogP contribution in [0.15, 0.2) is 5.16 Å². The lowest BCUT2D eigenvalue weighted by Gasteiger charge is -2.01. The Kier molecular flexibility index (Phi) is 4.10. The molecule has 0 aliphatic rings. The lowest BCUT2D eigenvalue weighted by atomic mass is 10.3. The molecule has 0 aliphatic heterocycles. The molecule has 0 unspecified atom stereocenters. The van der Waals surface area contributed by atoms with Crippen molar-refractivity contribution in [2.75, 3.05) is 0 Å². The largest absolute Gasteiger partial charge is 0.393 e. The Morgan fingerprint density at radius 1 is 1.67 bits per heavy atom. The van der Waals surface area contributed by atoms with Crippen LogP contribution in [0.4, 0.5) is 0 Å². The van der Waals surface area contributed by atoms with E-state index in [4.69, 9.17) is 4.84 Å². The third-order valence-electron chi connectivity index (χ3n) is 0.801. The molecule has 0 saturated heterocycles. The van der Waals surface area contributed by atoms with Gasteiger partial charge in [-0.15, -0.1) is 0 Å². The summed E-state index contributed by atoms with van der Waals surface area (Å²) in [5.74, 6) is 0. The fourth-order valence-electron chi connectivity index (χ4n) is 0.244. The predicted molar refractivity (Wildman–Crippen MR) is 39.3 cm³/mol. The van der Waals surface area contributed by atoms with E-state index in [0.29, 0.717) is 0 Å². The van der Waals surface area contributed by atoms with Crippen molar-refractivity contribution in [3.05, 3.63) is 6.92 Å². The third-order valence-corrected chi connectivity index (χ3v) is 0.801. The Hall–Kier alpha value is -0.530. The highest BCUT2D eigenvalue weighted by atomic mass is 16.6. The molecule has 0 aromatic rings. The van der Waals surface area contributed by atoms with Crippen LogP contribution in [0.25, 0.3) is 0 Å². The summed E-state index contributed by atoms with van der Waals surface area (Å²) in [7, 11) is 0. The summed E-state index contributed by atoms with van der Waals surface area (Å²) in [6.45, 7) is 9.52. The van der Waals surface area contributed by atoms with E-state index < -0.39 is 0 Å². The smallest absolute Gasteiger partial charge is 0.122 e. The summed E-state index contributed by atoms with van der Waals surface area (Å²) in [6.07, 6.45) is 1.01. The Morgan fingerprint density at radius 3 is 2.56 bits per heavy atom. The standard InChI is InChI=1S/C7H14NO/c1-5-7(4)8-9-6(2)3/h6H,4-5H2,1-3H3/b8-7+. The lowest BCUT2D eigenvalue weighted by Crippen LogP contribution is -1.99. The third kappa shape index (κ3) is 5.34. The average Bonchev–Trinajstić information content (AvgIpc) is 1.83. The molecular formula is C7H14NO. The van der Waals surface area contributed by atoms with E-state index in [-0.39, 0.29) is 6.10 Å². The summed E-state index contributed by atoms with van der Waals surface area (Å²) in [5.41, 5.74) is 0.795. The van der Waals surface area contributed by atoms with Gasteiger partial charge in [0.1, 0.15) is 6.10 Å². The van der Waals surface area contributed by atoms with Gasteiger partial charge in [0.15, 0.2) is 0 Å². The molecule has 1 radical (unpaired) electrons. The first-order chi connectivity index (χ1) is 4.16. The second-order valence-corrected chi connectivity index (χ2v) is 2.17. The van der Waals surface area contributed by atoms with Gasteiger partial charge in [-0.25, -0.2) is 0 Å². The van der Waals surface area contributed by atoms with Crippen molar-refractivity contribution < 1.29 is 4.84 Å². The molecular weight excluding hydrogens is 114 g/mol. The molecule has 53 valence electrons. The average molecular weight is 128 g/mol. The number of rotatable bonds is 3. The zero-order valence-electron chi connectivity index (χ0n) is 6.35. The minimum atomic E-state index is 0.160. The fraction of sp³-hybridized carbons (Fsp3) is 0.714. The maximum absolute atomic E-state index is 4.92. The first kappa shape index (κ1) is 8.47. The Labute approximate surface area is 56.9 Å². The van der Waals surface area contributed by atoms with Crippen LogP contribution in [0.1, 0.15) is 27.2 Å². The summed E-state index contributed by atoms with van der Waals surface area (Å²) in [4.78, 5) is 4.92. The van der Waals surface area contributed by atoms with Crippen molar-refractivity contribution in [1.29, 1.82) is 0 Å². The minimum absolute atomic E-state index is 0.160. The first-order valence-electron chi connectivity index (χ1n) is 3.21. The summed E-state index contributed by atoms with van der Waals surface area (Å²) >= 11 is 0. The summed E-state index contributed by atoms with van der Waals surface area (Å²) in [5, 5.41) is 3.75. The molecule has 0 atom stereocenters. The Bertz CT molecular complexity index is 97.1. The van der Waals surface area contributed by atoms with Crippen LogP contribution in [0.5, 0.6) is 0 Å². The maximum atomic E-state index is 4.92. The lowest BCUT2D eigenvalue weighted by molar-refractivity contribution is 0.0857. The van der Waals surface area contributed by atoms with E-state index in [1.165, 1.54) is 0 Å². The van der Waals surface area contributed by atoms with Gasteiger partial charge >= 0.3 is 0 Å². The van der Waals surface area contributed by atoms with Crippen molar-refractivity contribution in [3.8, 4) is 0 Å². The molecule has 0 fully saturated rings. The molecule has 0 saturated carbocycles. The Morgan fingerprint density at radius 2 is 2.22 bits per heavy atom. The van der Waals surface area contributed by atoms with Gasteiger partial charge in [-0.3, -0.25) is 0 Å². The number of oxime groups is 1. The van der Waals surface area contributed by atoms with Crippen LogP contribution in [0, 0.1) is 6.92 Å². The van der Waals surface area contributed by atoms with E-state index >= 15 is 0 Å². The predicted octanol–water partition coefficient (Wildman–Crippen LogP) is 2.01. The minimum Gasteiger partial charge on any atom is -0.393 e. The zero-order valence-corrected chi connectivity index (χ0v) is 6.35. The fourth-order valence-corrected chi connectivity index (χ4v) is 0.244. The molecule has 0 aromatic heterocycles. The monoisotopic (exact) mass is 128 g/mol. The molecule has 0 spiro atoms. The number of hydrogen-bond donors (Lipinski definition) is 0. The van der Waals surface area contributed by atoms with Crippen LogP contribution in [0.2, 0.25) is 0 Å². The van der Waals surface area contributed by atoms with Gasteiger partial charge in [0, 0.05) is 0 Å². The zero-order chi connectivity index (χ0) is 7.28. The number of nitrogens with zero attached hydrogens (tertiary/aromatic N) is 1. The van der Waals surface area contributed by atoms with Crippen molar-refractivity contribution in [3.63, 3.8) is 0 Å². The highest BCUT2D eigenvalue weighted by Crippen LogP contribution is 1.90. The molecule has 0 aliphatic carbocycles. The molecule has 0 rings (SSSR count). The van der Waals surface area contributed by atoms with Gasteiger partial charge in [0.05, 0.1) is 5.71 Å². The molecule has 2 nitrogen and oxygen atoms in total. The van der Waals surface area contributed by atoms with E-state index in [0.717, 1.165) is 12.1 Å². The van der Waals surface area contributed by atoms with Crippen molar-refractivity contribution >= 4 is 5.71 Å². The second kappa shape index (κ2) is 4.36. The van der Waals surface area contributed by atoms with Gasteiger partial charge in [0.2, 0.25) is 0 Å². The quantitative estimate of drug-likeness (QED) is 0.421. The topological polar surface area (TPSA) is 21.6 Å². The van der Waals surface area contributed by atoms with Gasteiger partial charge in [-0.05, 0) is 27.2 Å². The highest BCUT2D eigenvalue weighted by molar-refractivity contribution is 5.87. The van der Waals surface area contributed by atoms with Crippen molar-refractivity contribution in [1.82, 2.24) is 0 Å². The molecule has 0 bridgehead atoms. The summed E-state index contributed by atoms with van der Waals surface area (Å²) < 4.78 is 0. The molecule has 0 amide bonds. The van der Waals surface area contributed by atoms with E-state index in [1.807, 2.05) is 20.8 Å². The highest BCUT2D eigenvalue weighted by Gasteiger charge is 1.89. The van der Waals surface area contributed by atoms with Crippen molar-refractivity contribution in [2.24, 2.45) is 5.16 Å². The van der Waals surface area contributed by atoms with Gasteiger partial charge < -0.3 is 4.84 Å². The molecule has 0 heterocycles. The molecule has 0 aromatic carbocycles.